The third-order valence-corrected chi connectivity index (χ3v) is 11.5. The maximum atomic E-state index is 17.2. The zero-order valence-corrected chi connectivity index (χ0v) is 29.3. The lowest BCUT2D eigenvalue weighted by Crippen LogP contribution is -2.48. The number of benzene rings is 2. The summed E-state index contributed by atoms with van der Waals surface area (Å²) in [6.07, 6.45) is 12.6. The summed E-state index contributed by atoms with van der Waals surface area (Å²) >= 11 is 0. The van der Waals surface area contributed by atoms with Gasteiger partial charge >= 0.3 is 12.1 Å². The molecule has 2 aromatic carbocycles. The zero-order valence-electron chi connectivity index (χ0n) is 29.3. The Morgan fingerprint density at radius 2 is 1.86 bits per heavy atom. The van der Waals surface area contributed by atoms with E-state index in [0.29, 0.717) is 52.6 Å². The Labute approximate surface area is 296 Å². The van der Waals surface area contributed by atoms with Crippen LogP contribution in [0.1, 0.15) is 50.5 Å². The van der Waals surface area contributed by atoms with E-state index in [0.717, 1.165) is 58.2 Å². The second kappa shape index (κ2) is 13.1. The fraction of sp³-hybridized carbons (Fsp3) is 0.487. The third-order valence-electron chi connectivity index (χ3n) is 11.5. The Hall–Kier alpha value is -4.76. The van der Waals surface area contributed by atoms with Crippen LogP contribution in [0.3, 0.4) is 0 Å². The van der Waals surface area contributed by atoms with E-state index in [1.54, 1.807) is 38.4 Å². The van der Waals surface area contributed by atoms with Crippen LogP contribution in [0, 0.1) is 35.8 Å². The maximum Gasteiger partial charge on any atom is 0.409 e. The number of methoxy groups -OCH3 is 1. The first kappa shape index (κ1) is 33.4. The van der Waals surface area contributed by atoms with Crippen LogP contribution < -0.4 is 14.4 Å². The lowest BCUT2D eigenvalue weighted by Gasteiger charge is -2.35. The molecule has 4 atom stereocenters. The Morgan fingerprint density at radius 1 is 1.06 bits per heavy atom. The number of nitrogens with zero attached hydrogens (tertiary/aromatic N) is 6. The van der Waals surface area contributed by atoms with Crippen molar-refractivity contribution in [3.63, 3.8) is 0 Å². The van der Waals surface area contributed by atoms with Gasteiger partial charge < -0.3 is 24.0 Å². The van der Waals surface area contributed by atoms with E-state index in [9.17, 15) is 9.18 Å². The molecule has 4 fully saturated rings. The average Bonchev–Trinajstić information content (AvgIpc) is 3.82. The fourth-order valence-electron chi connectivity index (χ4n) is 9.08. The molecule has 1 saturated carbocycles. The molecule has 0 spiro atoms. The molecule has 12 heteroatoms. The van der Waals surface area contributed by atoms with Gasteiger partial charge in [0.05, 0.1) is 18.2 Å². The summed E-state index contributed by atoms with van der Waals surface area (Å²) in [4.78, 5) is 32.6. The van der Waals surface area contributed by atoms with Crippen molar-refractivity contribution in [1.82, 2.24) is 24.8 Å². The van der Waals surface area contributed by atoms with Gasteiger partial charge in [-0.25, -0.2) is 18.6 Å². The number of pyridine rings is 1. The minimum atomic E-state index is -0.691. The second-order valence-corrected chi connectivity index (χ2v) is 14.7. The largest absolute Gasteiger partial charge is 0.480 e. The Kier molecular flexibility index (Phi) is 8.57. The molecular formula is C39H42F2N6O4. The van der Waals surface area contributed by atoms with Crippen LogP contribution in [0.15, 0.2) is 30.3 Å². The normalized spacial score (nSPS) is 24.2. The van der Waals surface area contributed by atoms with Crippen LogP contribution in [-0.4, -0.2) is 96.5 Å². The van der Waals surface area contributed by atoms with Gasteiger partial charge in [-0.1, -0.05) is 30.2 Å². The second-order valence-electron chi connectivity index (χ2n) is 14.7. The first-order valence-corrected chi connectivity index (χ1v) is 17.8. The molecule has 2 unspecified atom stereocenters. The number of halogens is 2. The van der Waals surface area contributed by atoms with Crippen molar-refractivity contribution in [2.75, 3.05) is 59.0 Å². The summed E-state index contributed by atoms with van der Waals surface area (Å²) in [5.41, 5.74) is 0.0740. The van der Waals surface area contributed by atoms with Crippen LogP contribution >= 0.6 is 0 Å². The standard InChI is InChI=1S/C39H42F2N6O4/c1-5-27-29(40)13-12-25-8-6-9-28(30(25)27)33-32(41)34-31(36(42-33)49-4)35(46-19-23-10-11-24(18-23)20-46)44-37(43-34)51-22-39-15-7-17-47(39)26(14-16-39)21-50-38(48)45(2)3/h1,6,8-9,12-13,23-24,26H,7,10-11,14-22H2,2-4H3/t23?,24?,26-,39-/m1/s1. The molecule has 3 aliphatic heterocycles. The van der Waals surface area contributed by atoms with Crippen LogP contribution in [0.2, 0.25) is 0 Å². The minimum Gasteiger partial charge on any atom is -0.480 e. The molecule has 2 aromatic heterocycles. The van der Waals surface area contributed by atoms with E-state index in [1.165, 1.54) is 24.5 Å². The monoisotopic (exact) mass is 696 g/mol. The number of carbonyl (C=O) groups is 1. The number of hydrogen-bond acceptors (Lipinski definition) is 9. The summed E-state index contributed by atoms with van der Waals surface area (Å²) < 4.78 is 50.1. The highest BCUT2D eigenvalue weighted by atomic mass is 19.1. The van der Waals surface area contributed by atoms with Gasteiger partial charge in [0, 0.05) is 44.2 Å². The summed E-state index contributed by atoms with van der Waals surface area (Å²) in [7, 11) is 4.84. The summed E-state index contributed by atoms with van der Waals surface area (Å²) in [5, 5.41) is 1.42. The van der Waals surface area contributed by atoms with Gasteiger partial charge in [-0.2, -0.15) is 9.97 Å². The van der Waals surface area contributed by atoms with Crippen LogP contribution in [0.5, 0.6) is 11.9 Å². The number of carbonyl (C=O) groups excluding carboxylic acids is 1. The molecule has 3 saturated heterocycles. The van der Waals surface area contributed by atoms with Crippen molar-refractivity contribution in [2.45, 2.75) is 56.5 Å². The van der Waals surface area contributed by atoms with Gasteiger partial charge in [0.2, 0.25) is 5.88 Å². The van der Waals surface area contributed by atoms with Crippen molar-refractivity contribution < 1.29 is 27.8 Å². The third kappa shape index (κ3) is 5.75. The van der Waals surface area contributed by atoms with Crippen LogP contribution in [0.4, 0.5) is 19.4 Å². The van der Waals surface area contributed by atoms with Gasteiger partial charge in [0.25, 0.3) is 0 Å². The number of amides is 1. The first-order valence-electron chi connectivity index (χ1n) is 17.8. The minimum absolute atomic E-state index is 0.0195. The molecule has 266 valence electrons. The number of terminal acetylenes is 1. The summed E-state index contributed by atoms with van der Waals surface area (Å²) in [6.45, 7) is 3.07. The topological polar surface area (TPSA) is 93.2 Å². The molecule has 0 N–H and O–H groups in total. The Morgan fingerprint density at radius 3 is 2.61 bits per heavy atom. The van der Waals surface area contributed by atoms with Gasteiger partial charge in [-0.15, -0.1) is 6.42 Å². The van der Waals surface area contributed by atoms with E-state index in [-0.39, 0.29) is 46.3 Å². The highest BCUT2D eigenvalue weighted by Crippen LogP contribution is 2.45. The number of rotatable bonds is 8. The number of aromatic nitrogens is 3. The predicted octanol–water partition coefficient (Wildman–Crippen LogP) is 6.42. The predicted molar refractivity (Wildman–Crippen MR) is 190 cm³/mol. The molecule has 10 nitrogen and oxygen atoms in total. The number of anilines is 1. The van der Waals surface area contributed by atoms with Crippen LogP contribution in [-0.2, 0) is 4.74 Å². The summed E-state index contributed by atoms with van der Waals surface area (Å²) in [6, 6.07) is 8.35. The SMILES string of the molecule is C#Cc1c(F)ccc2cccc(-c3nc(OC)c4c(N5CC6CCC(C6)C5)nc(OC[C@]56CCCN5[C@@H](COC(=O)N(C)C)CC6)nc4c3F)c12. The van der Waals surface area contributed by atoms with E-state index < -0.39 is 11.6 Å². The smallest absolute Gasteiger partial charge is 0.409 e. The van der Waals surface area contributed by atoms with Crippen molar-refractivity contribution in [3.8, 4) is 35.5 Å². The molecular weight excluding hydrogens is 654 g/mol. The highest BCUT2D eigenvalue weighted by Gasteiger charge is 2.50. The van der Waals surface area contributed by atoms with E-state index in [2.05, 4.69) is 15.7 Å². The van der Waals surface area contributed by atoms with Crippen molar-refractivity contribution in [1.29, 1.82) is 0 Å². The molecule has 5 heterocycles. The molecule has 51 heavy (non-hydrogen) atoms. The van der Waals surface area contributed by atoms with Gasteiger partial charge in [0.15, 0.2) is 5.82 Å². The van der Waals surface area contributed by atoms with Crippen molar-refractivity contribution in [2.24, 2.45) is 11.8 Å². The Bertz CT molecular complexity index is 2060. The molecule has 2 bridgehead atoms. The van der Waals surface area contributed by atoms with E-state index in [4.69, 9.17) is 35.6 Å². The molecule has 4 aromatic rings. The molecule has 8 rings (SSSR count). The molecule has 1 amide bonds. The first-order chi connectivity index (χ1) is 24.7. The van der Waals surface area contributed by atoms with Gasteiger partial charge in [0.1, 0.15) is 41.4 Å². The van der Waals surface area contributed by atoms with E-state index in [1.807, 2.05) is 0 Å². The van der Waals surface area contributed by atoms with Crippen LogP contribution in [0.25, 0.3) is 32.9 Å². The fourth-order valence-corrected chi connectivity index (χ4v) is 9.08. The number of ether oxygens (including phenoxy) is 3. The van der Waals surface area contributed by atoms with Gasteiger partial charge in [-0.3, -0.25) is 4.90 Å². The van der Waals surface area contributed by atoms with Crippen molar-refractivity contribution in [3.05, 3.63) is 47.5 Å². The highest BCUT2D eigenvalue weighted by molar-refractivity contribution is 6.03. The number of hydrogen-bond donors (Lipinski definition) is 0. The van der Waals surface area contributed by atoms with Crippen molar-refractivity contribution >= 4 is 33.6 Å². The average molecular weight is 697 g/mol. The molecule has 0 radical (unpaired) electrons. The Balaban J connectivity index is 1.21. The quantitative estimate of drug-likeness (QED) is 0.194. The zero-order chi connectivity index (χ0) is 35.4. The molecule has 1 aliphatic carbocycles. The van der Waals surface area contributed by atoms with Gasteiger partial charge in [-0.05, 0) is 74.8 Å². The number of fused-ring (bicyclic) bond motifs is 5. The maximum absolute atomic E-state index is 17.2. The number of piperidine rings is 1. The lowest BCUT2D eigenvalue weighted by molar-refractivity contribution is 0.0484. The summed E-state index contributed by atoms with van der Waals surface area (Å²) in [5.74, 6) is 2.94. The van der Waals surface area contributed by atoms with E-state index >= 15 is 4.39 Å². The molecule has 4 aliphatic rings. The lowest BCUT2D eigenvalue weighted by atomic mass is 9.95.